The standard InChI is InChI=1S/C21H30N4O7/c1-6-30-17(27)14-13-11(24-16(26)12-9-22-10-23-12)8-21(15(13)14,18(28)31-7-2)25-19(29)32-20(3,4)5/h9-11,13-15H,6-8H2,1-5H3,(H,22,23)(H,24,26)(H,25,29)/t11?,13?,14-,15?,21?/m0/s1. The van der Waals surface area contributed by atoms with Gasteiger partial charge >= 0.3 is 18.0 Å². The second kappa shape index (κ2) is 8.79. The van der Waals surface area contributed by atoms with Crippen molar-refractivity contribution in [2.75, 3.05) is 13.2 Å². The summed E-state index contributed by atoms with van der Waals surface area (Å²) in [5, 5.41) is 5.53. The van der Waals surface area contributed by atoms with Crippen molar-refractivity contribution in [3.05, 3.63) is 18.2 Å². The number of alkyl carbamates (subject to hydrolysis) is 1. The molecule has 0 saturated heterocycles. The van der Waals surface area contributed by atoms with E-state index >= 15 is 0 Å². The van der Waals surface area contributed by atoms with E-state index in [0.29, 0.717) is 0 Å². The third kappa shape index (κ3) is 4.56. The molecule has 5 atom stereocenters. The molecule has 2 aliphatic carbocycles. The summed E-state index contributed by atoms with van der Waals surface area (Å²) in [5.74, 6) is -3.26. The van der Waals surface area contributed by atoms with Crippen LogP contribution in [0.5, 0.6) is 0 Å². The molecule has 1 aromatic heterocycles. The number of hydrogen-bond acceptors (Lipinski definition) is 8. The maximum atomic E-state index is 13.1. The molecule has 2 saturated carbocycles. The van der Waals surface area contributed by atoms with E-state index in [1.807, 2.05) is 0 Å². The van der Waals surface area contributed by atoms with E-state index in [4.69, 9.17) is 14.2 Å². The number of imidazole rings is 1. The summed E-state index contributed by atoms with van der Waals surface area (Å²) in [7, 11) is 0. The molecule has 0 bridgehead atoms. The molecule has 2 aliphatic rings. The number of carbonyl (C=O) groups excluding carboxylic acids is 4. The Morgan fingerprint density at radius 2 is 1.88 bits per heavy atom. The SMILES string of the molecule is CCOC(=O)[C@H]1C2C(NC(=O)c3cnc[nH]3)CC(NC(=O)OC(C)(C)C)(C(=O)OCC)C21. The van der Waals surface area contributed by atoms with Gasteiger partial charge in [-0.25, -0.2) is 14.6 Å². The molecule has 0 radical (unpaired) electrons. The molecule has 2 amide bonds. The van der Waals surface area contributed by atoms with Crippen LogP contribution in [-0.4, -0.2) is 64.3 Å². The summed E-state index contributed by atoms with van der Waals surface area (Å²) >= 11 is 0. The highest BCUT2D eigenvalue weighted by Gasteiger charge is 2.76. The number of fused-ring (bicyclic) bond motifs is 1. The van der Waals surface area contributed by atoms with Crippen LogP contribution in [0.3, 0.4) is 0 Å². The predicted molar refractivity (Wildman–Crippen MR) is 110 cm³/mol. The van der Waals surface area contributed by atoms with Crippen LogP contribution in [0.15, 0.2) is 12.5 Å². The van der Waals surface area contributed by atoms with Gasteiger partial charge in [-0.1, -0.05) is 0 Å². The maximum absolute atomic E-state index is 13.1. The van der Waals surface area contributed by atoms with E-state index in [9.17, 15) is 19.2 Å². The Morgan fingerprint density at radius 3 is 2.44 bits per heavy atom. The normalized spacial score (nSPS) is 28.3. The van der Waals surface area contributed by atoms with Crippen LogP contribution in [0.1, 0.15) is 51.5 Å². The number of H-pyrrole nitrogens is 1. The molecule has 3 rings (SSSR count). The highest BCUT2D eigenvalue weighted by atomic mass is 16.6. The number of nitrogens with zero attached hydrogens (tertiary/aromatic N) is 1. The third-order valence-electron chi connectivity index (χ3n) is 5.63. The molecule has 11 nitrogen and oxygen atoms in total. The molecule has 176 valence electrons. The van der Waals surface area contributed by atoms with Crippen LogP contribution in [-0.2, 0) is 23.8 Å². The van der Waals surface area contributed by atoms with Crippen molar-refractivity contribution in [3.8, 4) is 0 Å². The van der Waals surface area contributed by atoms with Crippen molar-refractivity contribution in [2.24, 2.45) is 17.8 Å². The van der Waals surface area contributed by atoms with Crippen molar-refractivity contribution in [1.29, 1.82) is 0 Å². The average molecular weight is 450 g/mol. The van der Waals surface area contributed by atoms with E-state index in [1.165, 1.54) is 12.5 Å². The molecular formula is C21H30N4O7. The zero-order valence-corrected chi connectivity index (χ0v) is 18.9. The molecule has 1 aromatic rings. The Bertz CT molecular complexity index is 879. The fraction of sp³-hybridized carbons (Fsp3) is 0.667. The van der Waals surface area contributed by atoms with Crippen molar-refractivity contribution in [2.45, 2.75) is 58.2 Å². The molecule has 0 aliphatic heterocycles. The van der Waals surface area contributed by atoms with Crippen LogP contribution in [0.4, 0.5) is 4.79 Å². The molecule has 32 heavy (non-hydrogen) atoms. The van der Waals surface area contributed by atoms with Crippen molar-refractivity contribution in [3.63, 3.8) is 0 Å². The fourth-order valence-electron chi connectivity index (χ4n) is 4.56. The molecule has 3 N–H and O–H groups in total. The highest BCUT2D eigenvalue weighted by Crippen LogP contribution is 2.63. The Kier molecular flexibility index (Phi) is 6.47. The Hall–Kier alpha value is -3.11. The largest absolute Gasteiger partial charge is 0.466 e. The topological polar surface area (TPSA) is 149 Å². The summed E-state index contributed by atoms with van der Waals surface area (Å²) in [6, 6.07) is -0.579. The number of ether oxygens (including phenoxy) is 3. The van der Waals surface area contributed by atoms with Gasteiger partial charge in [0.05, 0.1) is 31.7 Å². The van der Waals surface area contributed by atoms with Gasteiger partial charge in [-0.3, -0.25) is 9.59 Å². The number of nitrogens with one attached hydrogen (secondary N) is 3. The summed E-state index contributed by atoms with van der Waals surface area (Å²) in [6.07, 6.45) is 1.99. The fourth-order valence-corrected chi connectivity index (χ4v) is 4.56. The molecule has 0 aromatic carbocycles. The number of rotatable bonds is 7. The monoisotopic (exact) mass is 450 g/mol. The summed E-state index contributed by atoms with van der Waals surface area (Å²) in [6.45, 7) is 8.70. The maximum Gasteiger partial charge on any atom is 0.408 e. The molecular weight excluding hydrogens is 420 g/mol. The Morgan fingerprint density at radius 1 is 1.19 bits per heavy atom. The van der Waals surface area contributed by atoms with Crippen molar-refractivity contribution in [1.82, 2.24) is 20.6 Å². The number of hydrogen-bond donors (Lipinski definition) is 3. The van der Waals surface area contributed by atoms with Crippen molar-refractivity contribution >= 4 is 23.9 Å². The molecule has 2 fully saturated rings. The first-order chi connectivity index (χ1) is 15.0. The summed E-state index contributed by atoms with van der Waals surface area (Å²) in [4.78, 5) is 57.6. The third-order valence-corrected chi connectivity index (χ3v) is 5.63. The van der Waals surface area contributed by atoms with Gasteiger partial charge in [0.2, 0.25) is 0 Å². The summed E-state index contributed by atoms with van der Waals surface area (Å²) < 4.78 is 15.8. The predicted octanol–water partition coefficient (Wildman–Crippen LogP) is 1.16. The van der Waals surface area contributed by atoms with Gasteiger partial charge in [0, 0.05) is 18.4 Å². The molecule has 1 heterocycles. The van der Waals surface area contributed by atoms with Crippen LogP contribution >= 0.6 is 0 Å². The van der Waals surface area contributed by atoms with E-state index in [2.05, 4.69) is 20.6 Å². The quantitative estimate of drug-likeness (QED) is 0.414. The van der Waals surface area contributed by atoms with E-state index < -0.39 is 58.9 Å². The van der Waals surface area contributed by atoms with Gasteiger partial charge in [0.15, 0.2) is 0 Å². The minimum Gasteiger partial charge on any atom is -0.466 e. The lowest BCUT2D eigenvalue weighted by molar-refractivity contribution is -0.153. The lowest BCUT2D eigenvalue weighted by atomic mass is 9.88. The second-order valence-electron chi connectivity index (χ2n) is 8.95. The lowest BCUT2D eigenvalue weighted by Gasteiger charge is -2.33. The van der Waals surface area contributed by atoms with Crippen LogP contribution < -0.4 is 10.6 Å². The summed E-state index contributed by atoms with van der Waals surface area (Å²) in [5.41, 5.74) is -2.09. The molecule has 0 spiro atoms. The Labute approximate surface area is 186 Å². The van der Waals surface area contributed by atoms with E-state index in [-0.39, 0.29) is 25.3 Å². The van der Waals surface area contributed by atoms with Crippen molar-refractivity contribution < 1.29 is 33.4 Å². The van der Waals surface area contributed by atoms with Gasteiger partial charge < -0.3 is 29.8 Å². The number of amides is 2. The minimum absolute atomic E-state index is 0.0518. The van der Waals surface area contributed by atoms with E-state index in [0.717, 1.165) is 0 Å². The molecule has 11 heteroatoms. The van der Waals surface area contributed by atoms with Gasteiger partial charge in [0.1, 0.15) is 16.8 Å². The smallest absolute Gasteiger partial charge is 0.408 e. The van der Waals surface area contributed by atoms with Gasteiger partial charge in [-0.15, -0.1) is 0 Å². The molecule has 4 unspecified atom stereocenters. The van der Waals surface area contributed by atoms with Crippen LogP contribution in [0.2, 0.25) is 0 Å². The number of aromatic nitrogens is 2. The average Bonchev–Trinajstić information content (AvgIpc) is 3.03. The van der Waals surface area contributed by atoms with Gasteiger partial charge in [0.25, 0.3) is 5.91 Å². The Balaban J connectivity index is 1.91. The highest BCUT2D eigenvalue weighted by molar-refractivity contribution is 5.94. The first-order valence-electron chi connectivity index (χ1n) is 10.7. The first-order valence-corrected chi connectivity index (χ1v) is 10.7. The number of carbonyl (C=O) groups is 4. The van der Waals surface area contributed by atoms with E-state index in [1.54, 1.807) is 34.6 Å². The van der Waals surface area contributed by atoms with Crippen LogP contribution in [0, 0.1) is 17.8 Å². The number of aromatic amines is 1. The second-order valence-corrected chi connectivity index (χ2v) is 8.95. The zero-order chi connectivity index (χ0) is 23.7. The first kappa shape index (κ1) is 23.6. The lowest BCUT2D eigenvalue weighted by Crippen LogP contribution is -2.59. The van der Waals surface area contributed by atoms with Gasteiger partial charge in [-0.2, -0.15) is 0 Å². The zero-order valence-electron chi connectivity index (χ0n) is 18.9. The van der Waals surface area contributed by atoms with Crippen LogP contribution in [0.25, 0.3) is 0 Å². The van der Waals surface area contributed by atoms with Gasteiger partial charge in [-0.05, 0) is 40.5 Å². The number of esters is 2. The minimum atomic E-state index is -1.54.